The molecule has 0 rings (SSSR count). The number of alkyl halides is 1. The van der Waals surface area contributed by atoms with E-state index < -0.39 is 0 Å². The van der Waals surface area contributed by atoms with Gasteiger partial charge < -0.3 is 4.90 Å². The third kappa shape index (κ3) is 41.1. The maximum absolute atomic E-state index is 5.38. The van der Waals surface area contributed by atoms with Gasteiger partial charge in [0, 0.05) is 5.88 Å². The highest BCUT2D eigenvalue weighted by Crippen LogP contribution is 1.93. The second kappa shape index (κ2) is 12.0. The summed E-state index contributed by atoms with van der Waals surface area (Å²) in [5, 5.41) is 0. The molecule has 0 N–H and O–H groups in total. The van der Waals surface area contributed by atoms with Gasteiger partial charge in [0.15, 0.2) is 0 Å². The number of rotatable bonds is 3. The molecule has 10 heavy (non-hydrogen) atoms. The Morgan fingerprint density at radius 2 is 1.50 bits per heavy atom. The Labute approximate surface area is 70.4 Å². The van der Waals surface area contributed by atoms with E-state index in [2.05, 4.69) is 6.92 Å². The molecule has 0 aromatic heterocycles. The standard InChI is InChI=1S/C5H11Cl.C3H9N/c1-2-3-4-5-6;1-4(2)3/h2-5H2,1H3;1-3H3. The molecule has 0 radical (unpaired) electrons. The van der Waals surface area contributed by atoms with Crippen molar-refractivity contribution in [3.05, 3.63) is 0 Å². The molecule has 0 aromatic carbocycles. The van der Waals surface area contributed by atoms with Crippen LogP contribution in [0.2, 0.25) is 0 Å². The number of hydrogen-bond acceptors (Lipinski definition) is 1. The molecule has 2 heteroatoms. The number of unbranched alkanes of at least 4 members (excludes halogenated alkanes) is 2. The highest BCUT2D eigenvalue weighted by atomic mass is 35.5. The normalized spacial score (nSPS) is 9.00. The fourth-order valence-corrected chi connectivity index (χ4v) is 0.533. The lowest BCUT2D eigenvalue weighted by Crippen LogP contribution is -1.99. The molecule has 0 amide bonds. The van der Waals surface area contributed by atoms with Gasteiger partial charge in [0.1, 0.15) is 0 Å². The third-order valence-corrected chi connectivity index (χ3v) is 1.00. The maximum atomic E-state index is 5.38. The molecule has 64 valence electrons. The van der Waals surface area contributed by atoms with E-state index in [4.69, 9.17) is 11.6 Å². The molecular weight excluding hydrogens is 146 g/mol. The van der Waals surface area contributed by atoms with Crippen LogP contribution in [0.15, 0.2) is 0 Å². The van der Waals surface area contributed by atoms with Crippen LogP contribution in [-0.4, -0.2) is 31.9 Å². The largest absolute Gasteiger partial charge is 0.312 e. The van der Waals surface area contributed by atoms with Crippen molar-refractivity contribution in [2.75, 3.05) is 27.0 Å². The lowest BCUT2D eigenvalue weighted by Gasteiger charge is -1.90. The van der Waals surface area contributed by atoms with Crippen molar-refractivity contribution in [1.82, 2.24) is 4.90 Å². The van der Waals surface area contributed by atoms with E-state index in [1.54, 1.807) is 0 Å². The van der Waals surface area contributed by atoms with Crippen LogP contribution in [0.25, 0.3) is 0 Å². The number of halogens is 1. The molecule has 0 heterocycles. The number of nitrogens with zero attached hydrogens (tertiary/aromatic N) is 1. The third-order valence-electron chi connectivity index (χ3n) is 0.737. The quantitative estimate of drug-likeness (QED) is 0.459. The monoisotopic (exact) mass is 165 g/mol. The van der Waals surface area contributed by atoms with Gasteiger partial charge in [-0.2, -0.15) is 0 Å². The van der Waals surface area contributed by atoms with Crippen LogP contribution in [0.4, 0.5) is 0 Å². The van der Waals surface area contributed by atoms with Gasteiger partial charge in [-0.25, -0.2) is 0 Å². The molecule has 0 fully saturated rings. The van der Waals surface area contributed by atoms with Gasteiger partial charge in [0.2, 0.25) is 0 Å². The first-order valence-corrected chi connectivity index (χ1v) is 4.35. The Hall–Kier alpha value is 0.250. The first kappa shape index (κ1) is 12.9. The van der Waals surface area contributed by atoms with Gasteiger partial charge in [-0.1, -0.05) is 19.8 Å². The van der Waals surface area contributed by atoms with E-state index in [9.17, 15) is 0 Å². The predicted octanol–water partition coefficient (Wildman–Crippen LogP) is 2.59. The average Bonchev–Trinajstić information content (AvgIpc) is 1.82. The summed E-state index contributed by atoms with van der Waals surface area (Å²) < 4.78 is 0. The van der Waals surface area contributed by atoms with Crippen LogP contribution in [0.3, 0.4) is 0 Å². The maximum Gasteiger partial charge on any atom is 0.0223 e. The molecule has 0 aliphatic heterocycles. The fraction of sp³-hybridized carbons (Fsp3) is 1.00. The summed E-state index contributed by atoms with van der Waals surface area (Å²) in [6, 6.07) is 0. The summed E-state index contributed by atoms with van der Waals surface area (Å²) in [6.07, 6.45) is 3.73. The lowest BCUT2D eigenvalue weighted by atomic mass is 10.3. The minimum atomic E-state index is 0.827. The van der Waals surface area contributed by atoms with Crippen molar-refractivity contribution in [1.29, 1.82) is 0 Å². The van der Waals surface area contributed by atoms with Crippen LogP contribution in [0.1, 0.15) is 26.2 Å². The molecule has 1 nitrogen and oxygen atoms in total. The summed E-state index contributed by atoms with van der Waals surface area (Å²) in [5.41, 5.74) is 0. The second-order valence-corrected chi connectivity index (χ2v) is 3.12. The molecular formula is C8H20ClN. The van der Waals surface area contributed by atoms with Crippen molar-refractivity contribution in [3.8, 4) is 0 Å². The molecule has 0 saturated heterocycles. The lowest BCUT2D eigenvalue weighted by molar-refractivity contribution is 0.505. The Kier molecular flexibility index (Phi) is 15.4. The zero-order valence-electron chi connectivity index (χ0n) is 7.65. The van der Waals surface area contributed by atoms with Crippen molar-refractivity contribution in [2.24, 2.45) is 0 Å². The SMILES string of the molecule is CCCCCCl.CN(C)C. The topological polar surface area (TPSA) is 3.24 Å². The van der Waals surface area contributed by atoms with Crippen LogP contribution in [0, 0.1) is 0 Å². The highest BCUT2D eigenvalue weighted by molar-refractivity contribution is 6.17. The highest BCUT2D eigenvalue weighted by Gasteiger charge is 1.76. The smallest absolute Gasteiger partial charge is 0.0223 e. The molecule has 0 aromatic rings. The first-order valence-electron chi connectivity index (χ1n) is 3.82. The van der Waals surface area contributed by atoms with Crippen LogP contribution >= 0.6 is 11.6 Å². The van der Waals surface area contributed by atoms with Crippen LogP contribution in [0.5, 0.6) is 0 Å². The van der Waals surface area contributed by atoms with E-state index >= 15 is 0 Å². The van der Waals surface area contributed by atoms with Gasteiger partial charge in [0.25, 0.3) is 0 Å². The molecule has 0 aliphatic carbocycles. The Morgan fingerprint density at radius 3 is 1.60 bits per heavy atom. The van der Waals surface area contributed by atoms with E-state index in [1.165, 1.54) is 19.3 Å². The van der Waals surface area contributed by atoms with Gasteiger partial charge in [-0.05, 0) is 27.6 Å². The predicted molar refractivity (Wildman–Crippen MR) is 49.9 cm³/mol. The fourth-order valence-electron chi connectivity index (χ4n) is 0.344. The molecule has 0 atom stereocenters. The molecule has 0 spiro atoms. The van der Waals surface area contributed by atoms with E-state index in [1.807, 2.05) is 26.0 Å². The minimum Gasteiger partial charge on any atom is -0.312 e. The second-order valence-electron chi connectivity index (χ2n) is 2.74. The summed E-state index contributed by atoms with van der Waals surface area (Å²) in [4.78, 5) is 2.00. The van der Waals surface area contributed by atoms with Crippen molar-refractivity contribution < 1.29 is 0 Å². The van der Waals surface area contributed by atoms with Crippen molar-refractivity contribution in [3.63, 3.8) is 0 Å². The van der Waals surface area contributed by atoms with E-state index in [-0.39, 0.29) is 0 Å². The molecule has 0 unspecified atom stereocenters. The average molecular weight is 166 g/mol. The Bertz CT molecular complexity index is 39.8. The zero-order valence-corrected chi connectivity index (χ0v) is 8.41. The van der Waals surface area contributed by atoms with Gasteiger partial charge in [0.05, 0.1) is 0 Å². The van der Waals surface area contributed by atoms with E-state index in [0.717, 1.165) is 5.88 Å². The Balaban J connectivity index is 0. The summed E-state index contributed by atoms with van der Waals surface area (Å²) in [7, 11) is 6.00. The molecule has 0 aliphatic rings. The molecule has 0 bridgehead atoms. The van der Waals surface area contributed by atoms with Gasteiger partial charge in [-0.3, -0.25) is 0 Å². The first-order chi connectivity index (χ1) is 4.65. The van der Waals surface area contributed by atoms with E-state index in [0.29, 0.717) is 0 Å². The van der Waals surface area contributed by atoms with Crippen molar-refractivity contribution in [2.45, 2.75) is 26.2 Å². The minimum absolute atomic E-state index is 0.827. The Morgan fingerprint density at radius 1 is 1.10 bits per heavy atom. The van der Waals surface area contributed by atoms with Crippen LogP contribution in [-0.2, 0) is 0 Å². The molecule has 0 saturated carbocycles. The summed E-state index contributed by atoms with van der Waals surface area (Å²) in [6.45, 7) is 2.17. The van der Waals surface area contributed by atoms with Crippen molar-refractivity contribution >= 4 is 11.6 Å². The summed E-state index contributed by atoms with van der Waals surface area (Å²) >= 11 is 5.38. The number of hydrogen-bond donors (Lipinski definition) is 0. The van der Waals surface area contributed by atoms with Crippen LogP contribution < -0.4 is 0 Å². The van der Waals surface area contributed by atoms with Gasteiger partial charge in [-0.15, -0.1) is 11.6 Å². The summed E-state index contributed by atoms with van der Waals surface area (Å²) in [5.74, 6) is 0.827. The zero-order chi connectivity index (χ0) is 8.41. The van der Waals surface area contributed by atoms with Gasteiger partial charge >= 0.3 is 0 Å².